The van der Waals surface area contributed by atoms with Crippen LogP contribution in [0.25, 0.3) is 39.1 Å². The number of ether oxygens (including phenoxy) is 1. The predicted octanol–water partition coefficient (Wildman–Crippen LogP) is 3.70. The number of aryl methyl sites for hydroxylation is 1. The second-order valence-electron chi connectivity index (χ2n) is 9.85. The van der Waals surface area contributed by atoms with Crippen molar-refractivity contribution in [2.45, 2.75) is 13.0 Å². The molecule has 0 aliphatic carbocycles. The van der Waals surface area contributed by atoms with Gasteiger partial charge in [0.05, 0.1) is 29.6 Å². The number of carbonyl (C=O) groups is 1. The highest BCUT2D eigenvalue weighted by Gasteiger charge is 2.23. The number of morpholine rings is 1. The molecule has 1 aliphatic rings. The Labute approximate surface area is 224 Å². The number of hydrogen-bond donors (Lipinski definition) is 2. The third kappa shape index (κ3) is 4.80. The summed E-state index contributed by atoms with van der Waals surface area (Å²) in [5.41, 5.74) is 11.6. The maximum Gasteiger partial charge on any atom is 0.271 e. The van der Waals surface area contributed by atoms with Crippen LogP contribution in [0.1, 0.15) is 16.1 Å². The number of halogens is 1. The topological polar surface area (TPSA) is 111 Å². The molecule has 1 saturated heterocycles. The van der Waals surface area contributed by atoms with Gasteiger partial charge in [0.15, 0.2) is 11.5 Å². The zero-order valence-corrected chi connectivity index (χ0v) is 21.7. The third-order valence-electron chi connectivity index (χ3n) is 7.05. The molecule has 39 heavy (non-hydrogen) atoms. The molecule has 1 unspecified atom stereocenters. The van der Waals surface area contributed by atoms with Gasteiger partial charge in [-0.05, 0) is 62.0 Å². The monoisotopic (exact) mass is 525 g/mol. The molecule has 0 spiro atoms. The third-order valence-corrected chi connectivity index (χ3v) is 7.05. The zero-order valence-electron chi connectivity index (χ0n) is 21.7. The number of aromatic nitrogens is 4. The van der Waals surface area contributed by atoms with Gasteiger partial charge in [0, 0.05) is 48.5 Å². The average Bonchev–Trinajstić information content (AvgIpc) is 3.39. The first kappa shape index (κ1) is 24.9. The summed E-state index contributed by atoms with van der Waals surface area (Å²) in [6.07, 6.45) is 3.35. The smallest absolute Gasteiger partial charge is 0.271 e. The fraction of sp³-hybridized carbons (Fsp3) is 0.241. The van der Waals surface area contributed by atoms with Crippen molar-refractivity contribution in [3.05, 3.63) is 78.0 Å². The molecule has 9 nitrogen and oxygen atoms in total. The molecule has 1 atom stereocenters. The van der Waals surface area contributed by atoms with Crippen molar-refractivity contribution in [3.8, 4) is 22.5 Å². The van der Waals surface area contributed by atoms with E-state index in [9.17, 15) is 9.18 Å². The van der Waals surface area contributed by atoms with E-state index in [1.54, 1.807) is 28.9 Å². The van der Waals surface area contributed by atoms with E-state index in [1.165, 1.54) is 12.1 Å². The number of anilines is 1. The number of nitrogens with two attached hydrogens (primary N) is 1. The number of likely N-dealkylation sites (N-methyl/N-ethyl adjacent to an activating group) is 1. The summed E-state index contributed by atoms with van der Waals surface area (Å²) < 4.78 is 21.3. The van der Waals surface area contributed by atoms with E-state index in [4.69, 9.17) is 10.5 Å². The molecule has 0 bridgehead atoms. The fourth-order valence-corrected chi connectivity index (χ4v) is 4.98. The van der Waals surface area contributed by atoms with Crippen molar-refractivity contribution in [1.82, 2.24) is 29.6 Å². The van der Waals surface area contributed by atoms with Crippen LogP contribution in [0.2, 0.25) is 0 Å². The van der Waals surface area contributed by atoms with E-state index in [2.05, 4.69) is 25.2 Å². The van der Waals surface area contributed by atoms with Gasteiger partial charge in [-0.15, -0.1) is 0 Å². The van der Waals surface area contributed by atoms with Crippen LogP contribution in [-0.4, -0.2) is 69.6 Å². The van der Waals surface area contributed by atoms with Gasteiger partial charge in [-0.1, -0.05) is 6.07 Å². The van der Waals surface area contributed by atoms with E-state index in [0.717, 1.165) is 35.1 Å². The maximum absolute atomic E-state index is 13.8. The van der Waals surface area contributed by atoms with Crippen molar-refractivity contribution in [1.29, 1.82) is 0 Å². The number of carbonyl (C=O) groups excluding carboxylic acids is 1. The number of imidazole rings is 1. The van der Waals surface area contributed by atoms with Crippen LogP contribution in [0.15, 0.2) is 60.9 Å². The summed E-state index contributed by atoms with van der Waals surface area (Å²) in [5.74, 6) is -0.521. The van der Waals surface area contributed by atoms with Gasteiger partial charge in [-0.3, -0.25) is 14.2 Å². The van der Waals surface area contributed by atoms with E-state index < -0.39 is 0 Å². The minimum atomic E-state index is -0.350. The van der Waals surface area contributed by atoms with E-state index in [1.807, 2.05) is 38.2 Å². The van der Waals surface area contributed by atoms with E-state index >= 15 is 0 Å². The Morgan fingerprint density at radius 3 is 2.74 bits per heavy atom. The number of nitrogens with zero attached hydrogens (tertiary/aromatic N) is 5. The second kappa shape index (κ2) is 10.0. The molecule has 4 heterocycles. The van der Waals surface area contributed by atoms with Crippen molar-refractivity contribution in [3.63, 3.8) is 0 Å². The molecule has 1 aliphatic heterocycles. The summed E-state index contributed by atoms with van der Waals surface area (Å²) in [5, 5.41) is 3.92. The highest BCUT2D eigenvalue weighted by atomic mass is 19.1. The van der Waals surface area contributed by atoms with Crippen LogP contribution in [0.4, 0.5) is 10.2 Å². The average molecular weight is 526 g/mol. The Morgan fingerprint density at radius 1 is 1.15 bits per heavy atom. The lowest BCUT2D eigenvalue weighted by Gasteiger charge is -2.29. The quantitative estimate of drug-likeness (QED) is 0.360. The Kier molecular flexibility index (Phi) is 6.41. The van der Waals surface area contributed by atoms with Crippen LogP contribution in [0, 0.1) is 12.7 Å². The molecule has 6 rings (SSSR count). The van der Waals surface area contributed by atoms with Crippen LogP contribution < -0.4 is 11.1 Å². The van der Waals surface area contributed by atoms with Gasteiger partial charge in [-0.2, -0.15) is 0 Å². The number of rotatable bonds is 5. The minimum Gasteiger partial charge on any atom is -0.381 e. The Hall–Kier alpha value is -4.41. The molecule has 0 radical (unpaired) electrons. The molecule has 198 valence electrons. The highest BCUT2D eigenvalue weighted by molar-refractivity contribution is 5.95. The first-order valence-corrected chi connectivity index (χ1v) is 12.8. The van der Waals surface area contributed by atoms with Crippen molar-refractivity contribution in [2.24, 2.45) is 0 Å². The van der Waals surface area contributed by atoms with Gasteiger partial charge in [0.25, 0.3) is 5.91 Å². The van der Waals surface area contributed by atoms with E-state index in [0.29, 0.717) is 35.8 Å². The lowest BCUT2D eigenvalue weighted by Crippen LogP contribution is -2.45. The Morgan fingerprint density at radius 2 is 1.95 bits per heavy atom. The summed E-state index contributed by atoms with van der Waals surface area (Å²) in [6, 6.07) is 14.0. The minimum absolute atomic E-state index is 0.0912. The number of amides is 1. The normalized spacial score (nSPS) is 16.1. The predicted molar refractivity (Wildman–Crippen MR) is 148 cm³/mol. The van der Waals surface area contributed by atoms with E-state index in [-0.39, 0.29) is 29.3 Å². The largest absolute Gasteiger partial charge is 0.381 e. The molecule has 3 aromatic heterocycles. The number of nitrogen functional groups attached to an aromatic ring is 1. The summed E-state index contributed by atoms with van der Waals surface area (Å²) in [7, 11) is 2.03. The molecular formula is C29H28FN7O2. The second-order valence-corrected chi connectivity index (χ2v) is 9.85. The summed E-state index contributed by atoms with van der Waals surface area (Å²) in [6.45, 7) is 4.63. The number of nitrogens with one attached hydrogen (secondary N) is 1. The van der Waals surface area contributed by atoms with Gasteiger partial charge < -0.3 is 20.7 Å². The summed E-state index contributed by atoms with van der Waals surface area (Å²) in [4.78, 5) is 29.0. The lowest BCUT2D eigenvalue weighted by atomic mass is 10.0. The van der Waals surface area contributed by atoms with Crippen LogP contribution in [-0.2, 0) is 4.74 Å². The molecule has 1 fully saturated rings. The molecule has 3 N–H and O–H groups in total. The molecule has 5 aromatic rings. The number of benzene rings is 2. The maximum atomic E-state index is 13.8. The van der Waals surface area contributed by atoms with Gasteiger partial charge in [-0.25, -0.2) is 14.4 Å². The first-order chi connectivity index (χ1) is 18.9. The van der Waals surface area contributed by atoms with Crippen molar-refractivity contribution in [2.75, 3.05) is 39.0 Å². The fourth-order valence-electron chi connectivity index (χ4n) is 4.98. The number of pyridine rings is 1. The number of fused-ring (bicyclic) bond motifs is 2. The van der Waals surface area contributed by atoms with Crippen molar-refractivity contribution < 1.29 is 13.9 Å². The molecule has 2 aromatic carbocycles. The number of hydrogen-bond acceptors (Lipinski definition) is 7. The highest BCUT2D eigenvalue weighted by Crippen LogP contribution is 2.35. The summed E-state index contributed by atoms with van der Waals surface area (Å²) >= 11 is 0. The van der Waals surface area contributed by atoms with Crippen LogP contribution >= 0.6 is 0 Å². The molecule has 10 heteroatoms. The van der Waals surface area contributed by atoms with Gasteiger partial charge >= 0.3 is 0 Å². The standard InChI is InChI=1S/C29H28FN7O2/c1-17-9-10-32-23-8-5-19(13-22(17)23)26-25(18-3-6-20(30)7-4-18)35-27(31)28-34-24(16-37(26)28)29(38)33-14-21-15-36(2)11-12-39-21/h3-10,13,16,21H,11-12,14-15H2,1-2H3,(H2,31,35)(H,33,38). The zero-order chi connectivity index (χ0) is 27.1. The molecule has 0 saturated carbocycles. The van der Waals surface area contributed by atoms with Gasteiger partial charge in [0.2, 0.25) is 0 Å². The van der Waals surface area contributed by atoms with Crippen LogP contribution in [0.5, 0.6) is 0 Å². The van der Waals surface area contributed by atoms with Crippen molar-refractivity contribution >= 4 is 28.3 Å². The Balaban J connectivity index is 1.47. The first-order valence-electron chi connectivity index (χ1n) is 12.8. The molecule has 1 amide bonds. The van der Waals surface area contributed by atoms with Crippen LogP contribution in [0.3, 0.4) is 0 Å². The molecular weight excluding hydrogens is 497 g/mol. The van der Waals surface area contributed by atoms with Gasteiger partial charge in [0.1, 0.15) is 11.5 Å². The Bertz CT molecular complexity index is 1700. The lowest BCUT2D eigenvalue weighted by molar-refractivity contribution is -0.0175. The SMILES string of the molecule is Cc1ccnc2ccc(-c3c(-c4ccc(F)cc4)nc(N)c4nc(C(=O)NCC5CN(C)CCO5)cn34)cc12.